The zero-order valence-electron chi connectivity index (χ0n) is 12.2. The highest BCUT2D eigenvalue weighted by Crippen LogP contribution is 2.15. The highest BCUT2D eigenvalue weighted by Gasteiger charge is 2.20. The zero-order chi connectivity index (χ0) is 13.8. The first-order chi connectivity index (χ1) is 9.06. The molecule has 1 aliphatic rings. The summed E-state index contributed by atoms with van der Waals surface area (Å²) in [6, 6.07) is 6.42. The lowest BCUT2D eigenvalue weighted by Gasteiger charge is -2.19. The van der Waals surface area contributed by atoms with Gasteiger partial charge in [0.05, 0.1) is 0 Å². The molecule has 19 heavy (non-hydrogen) atoms. The number of amides is 1. The van der Waals surface area contributed by atoms with Gasteiger partial charge in [0.2, 0.25) is 5.91 Å². The van der Waals surface area contributed by atoms with Crippen molar-refractivity contribution in [1.82, 2.24) is 10.2 Å². The third-order valence-electron chi connectivity index (χ3n) is 4.04. The van der Waals surface area contributed by atoms with Crippen molar-refractivity contribution in [1.29, 1.82) is 0 Å². The summed E-state index contributed by atoms with van der Waals surface area (Å²) in [6.07, 6.45) is 1.80. The Morgan fingerprint density at radius 1 is 1.37 bits per heavy atom. The first-order valence-electron chi connectivity index (χ1n) is 7.07. The lowest BCUT2D eigenvalue weighted by atomic mass is 10.0. The summed E-state index contributed by atoms with van der Waals surface area (Å²) in [5, 5.41) is 3.31. The van der Waals surface area contributed by atoms with Crippen molar-refractivity contribution in [2.75, 3.05) is 20.1 Å². The van der Waals surface area contributed by atoms with Crippen LogP contribution in [0.2, 0.25) is 0 Å². The summed E-state index contributed by atoms with van der Waals surface area (Å²) in [5.41, 5.74) is 3.80. The van der Waals surface area contributed by atoms with Crippen LogP contribution in [0, 0.1) is 19.8 Å². The minimum absolute atomic E-state index is 0.256. The Kier molecular flexibility index (Phi) is 4.59. The Morgan fingerprint density at radius 3 is 2.79 bits per heavy atom. The van der Waals surface area contributed by atoms with Crippen LogP contribution in [0.1, 0.15) is 29.5 Å². The lowest BCUT2D eigenvalue weighted by molar-refractivity contribution is -0.131. The maximum absolute atomic E-state index is 12.2. The maximum atomic E-state index is 12.2. The summed E-state index contributed by atoms with van der Waals surface area (Å²) < 4.78 is 0. The molecule has 1 saturated heterocycles. The maximum Gasteiger partial charge on any atom is 0.222 e. The van der Waals surface area contributed by atoms with Crippen LogP contribution in [0.25, 0.3) is 0 Å². The third-order valence-corrected chi connectivity index (χ3v) is 4.04. The molecule has 1 aromatic carbocycles. The Hall–Kier alpha value is -1.35. The highest BCUT2D eigenvalue weighted by molar-refractivity contribution is 5.76. The van der Waals surface area contributed by atoms with Gasteiger partial charge in [0.25, 0.3) is 0 Å². The van der Waals surface area contributed by atoms with Gasteiger partial charge in [0.15, 0.2) is 0 Å². The smallest absolute Gasteiger partial charge is 0.222 e. The van der Waals surface area contributed by atoms with E-state index in [1.165, 1.54) is 16.7 Å². The summed E-state index contributed by atoms with van der Waals surface area (Å²) >= 11 is 0. The molecule has 3 heteroatoms. The molecule has 104 valence electrons. The summed E-state index contributed by atoms with van der Waals surface area (Å²) in [7, 11) is 1.90. The topological polar surface area (TPSA) is 32.3 Å². The van der Waals surface area contributed by atoms with Gasteiger partial charge in [-0.05, 0) is 56.0 Å². The fourth-order valence-corrected chi connectivity index (χ4v) is 2.56. The number of hydrogen-bond donors (Lipinski definition) is 1. The standard InChI is InChI=1S/C16H24N2O/c1-12-4-5-15(8-13(12)2)11-18(3)16(19)9-14-6-7-17-10-14/h4-5,8,14,17H,6-7,9-11H2,1-3H3. The minimum atomic E-state index is 0.256. The van der Waals surface area contributed by atoms with Gasteiger partial charge in [-0.25, -0.2) is 0 Å². The predicted molar refractivity (Wildman–Crippen MR) is 78.0 cm³/mol. The SMILES string of the molecule is Cc1ccc(CN(C)C(=O)CC2CCNC2)cc1C. The number of nitrogens with zero attached hydrogens (tertiary/aromatic N) is 1. The van der Waals surface area contributed by atoms with Gasteiger partial charge < -0.3 is 10.2 Å². The highest BCUT2D eigenvalue weighted by atomic mass is 16.2. The van der Waals surface area contributed by atoms with Crippen LogP contribution in [0.3, 0.4) is 0 Å². The second-order valence-corrected chi connectivity index (χ2v) is 5.73. The van der Waals surface area contributed by atoms with E-state index in [9.17, 15) is 4.79 Å². The largest absolute Gasteiger partial charge is 0.341 e. The Labute approximate surface area is 116 Å². The second-order valence-electron chi connectivity index (χ2n) is 5.73. The molecule has 1 fully saturated rings. The monoisotopic (exact) mass is 260 g/mol. The first kappa shape index (κ1) is 14.1. The average Bonchev–Trinajstić information content (AvgIpc) is 2.86. The Bertz CT molecular complexity index is 450. The van der Waals surface area contributed by atoms with Crippen molar-refractivity contribution >= 4 is 5.91 Å². The van der Waals surface area contributed by atoms with Crippen LogP contribution in [0.15, 0.2) is 18.2 Å². The van der Waals surface area contributed by atoms with E-state index in [-0.39, 0.29) is 5.91 Å². The molecule has 1 aliphatic heterocycles. The van der Waals surface area contributed by atoms with Crippen molar-refractivity contribution in [3.05, 3.63) is 34.9 Å². The van der Waals surface area contributed by atoms with E-state index < -0.39 is 0 Å². The van der Waals surface area contributed by atoms with Crippen LogP contribution in [0.4, 0.5) is 0 Å². The number of rotatable bonds is 4. The van der Waals surface area contributed by atoms with Crippen LogP contribution in [-0.4, -0.2) is 30.9 Å². The molecule has 1 heterocycles. The van der Waals surface area contributed by atoms with Crippen molar-refractivity contribution in [2.24, 2.45) is 5.92 Å². The number of benzene rings is 1. The quantitative estimate of drug-likeness (QED) is 0.900. The van der Waals surface area contributed by atoms with E-state index in [4.69, 9.17) is 0 Å². The summed E-state index contributed by atoms with van der Waals surface area (Å²) in [6.45, 7) is 6.98. The number of carbonyl (C=O) groups excluding carboxylic acids is 1. The minimum Gasteiger partial charge on any atom is -0.341 e. The molecule has 0 aliphatic carbocycles. The number of nitrogens with one attached hydrogen (secondary N) is 1. The normalized spacial score (nSPS) is 18.6. The van der Waals surface area contributed by atoms with Gasteiger partial charge in [0.1, 0.15) is 0 Å². The Balaban J connectivity index is 1.90. The molecule has 0 spiro atoms. The molecule has 1 N–H and O–H groups in total. The number of hydrogen-bond acceptors (Lipinski definition) is 2. The van der Waals surface area contributed by atoms with Gasteiger partial charge in [-0.3, -0.25) is 4.79 Å². The Morgan fingerprint density at radius 2 is 2.16 bits per heavy atom. The third kappa shape index (κ3) is 3.80. The molecule has 0 radical (unpaired) electrons. The molecule has 2 rings (SSSR count). The van der Waals surface area contributed by atoms with E-state index in [0.717, 1.165) is 19.5 Å². The van der Waals surface area contributed by atoms with Crippen LogP contribution in [0.5, 0.6) is 0 Å². The zero-order valence-corrected chi connectivity index (χ0v) is 12.2. The van der Waals surface area contributed by atoms with E-state index in [0.29, 0.717) is 18.9 Å². The van der Waals surface area contributed by atoms with Crippen LogP contribution in [-0.2, 0) is 11.3 Å². The fraction of sp³-hybridized carbons (Fsp3) is 0.562. The fourth-order valence-electron chi connectivity index (χ4n) is 2.56. The predicted octanol–water partition coefficient (Wildman–Crippen LogP) is 2.26. The molecule has 1 aromatic rings. The van der Waals surface area contributed by atoms with Crippen LogP contribution >= 0.6 is 0 Å². The van der Waals surface area contributed by atoms with Gasteiger partial charge in [0, 0.05) is 20.0 Å². The van der Waals surface area contributed by atoms with Gasteiger partial charge in [-0.15, -0.1) is 0 Å². The second kappa shape index (κ2) is 6.20. The summed E-state index contributed by atoms with van der Waals surface area (Å²) in [5.74, 6) is 0.779. The first-order valence-corrected chi connectivity index (χ1v) is 7.07. The van der Waals surface area contributed by atoms with Crippen molar-refractivity contribution in [2.45, 2.75) is 33.2 Å². The molecule has 1 unspecified atom stereocenters. The number of aryl methyl sites for hydroxylation is 2. The molecule has 1 amide bonds. The summed E-state index contributed by atoms with van der Waals surface area (Å²) in [4.78, 5) is 14.0. The molecule has 0 aromatic heterocycles. The molecule has 0 bridgehead atoms. The van der Waals surface area contributed by atoms with Crippen molar-refractivity contribution in [3.63, 3.8) is 0 Å². The van der Waals surface area contributed by atoms with Crippen molar-refractivity contribution < 1.29 is 4.79 Å². The van der Waals surface area contributed by atoms with E-state index in [2.05, 4.69) is 37.4 Å². The van der Waals surface area contributed by atoms with E-state index in [1.807, 2.05) is 11.9 Å². The molecule has 1 atom stereocenters. The van der Waals surface area contributed by atoms with Gasteiger partial charge >= 0.3 is 0 Å². The molecule has 0 saturated carbocycles. The molecular weight excluding hydrogens is 236 g/mol. The lowest BCUT2D eigenvalue weighted by Crippen LogP contribution is -2.28. The molecule has 3 nitrogen and oxygen atoms in total. The average molecular weight is 260 g/mol. The number of carbonyl (C=O) groups is 1. The molecular formula is C16H24N2O. The van der Waals surface area contributed by atoms with Crippen LogP contribution < -0.4 is 5.32 Å². The van der Waals surface area contributed by atoms with Gasteiger partial charge in [-0.2, -0.15) is 0 Å². The van der Waals surface area contributed by atoms with E-state index in [1.54, 1.807) is 0 Å². The van der Waals surface area contributed by atoms with E-state index >= 15 is 0 Å². The van der Waals surface area contributed by atoms with Crippen molar-refractivity contribution in [3.8, 4) is 0 Å². The van der Waals surface area contributed by atoms with Gasteiger partial charge in [-0.1, -0.05) is 18.2 Å².